The lowest BCUT2D eigenvalue weighted by Gasteiger charge is -2.49. The lowest BCUT2D eigenvalue weighted by molar-refractivity contribution is -0.160. The predicted octanol–water partition coefficient (Wildman–Crippen LogP) is 2.66. The van der Waals surface area contributed by atoms with Crippen molar-refractivity contribution in [3.63, 3.8) is 0 Å². The minimum atomic E-state index is -3.92. The number of ether oxygens (including phenoxy) is 2. The molecule has 206 valence electrons. The molecule has 2 fully saturated rings. The van der Waals surface area contributed by atoms with Crippen LogP contribution in [0.2, 0.25) is 0 Å². The number of amides is 2. The molecule has 0 bridgehead atoms. The molecule has 0 saturated carbocycles. The fourth-order valence-corrected chi connectivity index (χ4v) is 7.09. The second-order valence-corrected chi connectivity index (χ2v) is 12.3. The van der Waals surface area contributed by atoms with Gasteiger partial charge in [-0.05, 0) is 56.2 Å². The third-order valence-electron chi connectivity index (χ3n) is 7.43. The number of sulfone groups is 1. The number of benzene rings is 2. The first kappa shape index (κ1) is 27.0. The van der Waals surface area contributed by atoms with Crippen LogP contribution in [0, 0.1) is 18.3 Å². The van der Waals surface area contributed by atoms with E-state index in [1.165, 1.54) is 17.0 Å². The Kier molecular flexibility index (Phi) is 7.57. The standard InChI is InChI=1S/C28H31N3O7S/c1-19-14-21(24-4-2-3-5-25(24)29-19)15-38-22-6-8-23(9-7-22)39(35,36)18-28(27(33)30-34)16-31(17-28)26(32)20-10-12-37-13-11-20/h2-9,14,20,34H,10-13,15-18H2,1H3,(H,30,33). The van der Waals surface area contributed by atoms with Gasteiger partial charge in [0.25, 0.3) is 5.91 Å². The Hall–Kier alpha value is -3.54. The number of carbonyl (C=O) groups excluding carboxylic acids is 2. The zero-order chi connectivity index (χ0) is 27.6. The maximum atomic E-state index is 13.3. The first-order chi connectivity index (χ1) is 18.7. The number of pyridine rings is 1. The molecule has 0 aliphatic carbocycles. The lowest BCUT2D eigenvalue weighted by atomic mass is 9.79. The number of nitrogens with zero attached hydrogens (tertiary/aromatic N) is 2. The number of hydroxylamine groups is 1. The Morgan fingerprint density at radius 1 is 1.13 bits per heavy atom. The number of para-hydroxylation sites is 1. The van der Waals surface area contributed by atoms with Gasteiger partial charge >= 0.3 is 0 Å². The molecule has 3 aromatic rings. The van der Waals surface area contributed by atoms with Crippen LogP contribution in [-0.2, 0) is 30.8 Å². The molecule has 2 saturated heterocycles. The monoisotopic (exact) mass is 553 g/mol. The van der Waals surface area contributed by atoms with Crippen molar-refractivity contribution in [1.29, 1.82) is 0 Å². The van der Waals surface area contributed by atoms with Gasteiger partial charge in [0.05, 0.1) is 16.2 Å². The van der Waals surface area contributed by atoms with Crippen molar-refractivity contribution in [2.75, 3.05) is 32.1 Å². The summed E-state index contributed by atoms with van der Waals surface area (Å²) in [5.41, 5.74) is 2.89. The maximum Gasteiger partial charge on any atom is 0.254 e. The van der Waals surface area contributed by atoms with Gasteiger partial charge in [-0.3, -0.25) is 19.8 Å². The van der Waals surface area contributed by atoms with E-state index in [0.29, 0.717) is 31.8 Å². The summed E-state index contributed by atoms with van der Waals surface area (Å²) in [5.74, 6) is -1.18. The molecule has 2 N–H and O–H groups in total. The van der Waals surface area contributed by atoms with Crippen molar-refractivity contribution >= 4 is 32.6 Å². The number of fused-ring (bicyclic) bond motifs is 1. The van der Waals surface area contributed by atoms with Gasteiger partial charge in [0.2, 0.25) is 5.91 Å². The highest BCUT2D eigenvalue weighted by Crippen LogP contribution is 2.36. The molecule has 2 aromatic carbocycles. The van der Waals surface area contributed by atoms with E-state index >= 15 is 0 Å². The van der Waals surface area contributed by atoms with E-state index in [4.69, 9.17) is 9.47 Å². The molecule has 0 spiro atoms. The largest absolute Gasteiger partial charge is 0.489 e. The van der Waals surface area contributed by atoms with Crippen LogP contribution in [-0.4, -0.2) is 67.4 Å². The van der Waals surface area contributed by atoms with Gasteiger partial charge in [-0.25, -0.2) is 13.9 Å². The topological polar surface area (TPSA) is 135 Å². The van der Waals surface area contributed by atoms with Crippen molar-refractivity contribution in [2.24, 2.45) is 11.3 Å². The molecule has 39 heavy (non-hydrogen) atoms. The van der Waals surface area contributed by atoms with E-state index in [0.717, 1.165) is 22.2 Å². The van der Waals surface area contributed by atoms with Crippen LogP contribution in [0.15, 0.2) is 59.5 Å². The second-order valence-electron chi connectivity index (χ2n) is 10.3. The average Bonchev–Trinajstić information content (AvgIpc) is 2.93. The smallest absolute Gasteiger partial charge is 0.254 e. The van der Waals surface area contributed by atoms with Crippen molar-refractivity contribution < 1.29 is 32.7 Å². The fourth-order valence-electron chi connectivity index (χ4n) is 5.33. The molecular formula is C28H31N3O7S. The summed E-state index contributed by atoms with van der Waals surface area (Å²) in [6.45, 7) is 3.05. The summed E-state index contributed by atoms with van der Waals surface area (Å²) in [4.78, 5) is 31.4. The number of hydrogen-bond donors (Lipinski definition) is 2. The van der Waals surface area contributed by atoms with Gasteiger partial charge in [-0.2, -0.15) is 0 Å². The summed E-state index contributed by atoms with van der Waals surface area (Å²) in [5, 5.41) is 10.3. The molecule has 10 nitrogen and oxygen atoms in total. The Balaban J connectivity index is 1.26. The molecule has 0 radical (unpaired) electrons. The first-order valence-corrected chi connectivity index (χ1v) is 14.5. The summed E-state index contributed by atoms with van der Waals surface area (Å²) in [7, 11) is -3.92. The van der Waals surface area contributed by atoms with Gasteiger partial charge < -0.3 is 14.4 Å². The molecule has 0 atom stereocenters. The van der Waals surface area contributed by atoms with Crippen LogP contribution in [0.4, 0.5) is 0 Å². The van der Waals surface area contributed by atoms with Crippen LogP contribution in [0.25, 0.3) is 10.9 Å². The summed E-state index contributed by atoms with van der Waals surface area (Å²) >= 11 is 0. The Labute approximate surface area is 226 Å². The van der Waals surface area contributed by atoms with Gasteiger partial charge in [0.1, 0.15) is 17.8 Å². The third kappa shape index (κ3) is 5.61. The summed E-state index contributed by atoms with van der Waals surface area (Å²) in [6, 6.07) is 15.8. The third-order valence-corrected chi connectivity index (χ3v) is 9.35. The lowest BCUT2D eigenvalue weighted by Crippen LogP contribution is -2.67. The van der Waals surface area contributed by atoms with Crippen LogP contribution < -0.4 is 10.2 Å². The van der Waals surface area contributed by atoms with E-state index in [1.807, 2.05) is 37.3 Å². The molecule has 1 aromatic heterocycles. The zero-order valence-corrected chi connectivity index (χ0v) is 22.4. The minimum Gasteiger partial charge on any atom is -0.489 e. The van der Waals surface area contributed by atoms with Crippen LogP contribution in [0.3, 0.4) is 0 Å². The van der Waals surface area contributed by atoms with Crippen LogP contribution >= 0.6 is 0 Å². The highest BCUT2D eigenvalue weighted by molar-refractivity contribution is 7.91. The molecule has 3 heterocycles. The molecule has 2 amide bonds. The number of hydrogen-bond acceptors (Lipinski definition) is 8. The van der Waals surface area contributed by atoms with E-state index < -0.39 is 26.9 Å². The normalized spacial score (nSPS) is 17.4. The van der Waals surface area contributed by atoms with Gasteiger partial charge in [0.15, 0.2) is 9.84 Å². The molecule has 5 rings (SSSR count). The molecule has 2 aliphatic heterocycles. The fraction of sp³-hybridized carbons (Fsp3) is 0.393. The van der Waals surface area contributed by atoms with Crippen molar-refractivity contribution in [3.05, 3.63) is 65.9 Å². The van der Waals surface area contributed by atoms with Gasteiger partial charge in [-0.15, -0.1) is 0 Å². The number of carbonyl (C=O) groups is 2. The predicted molar refractivity (Wildman–Crippen MR) is 142 cm³/mol. The second kappa shape index (κ2) is 10.9. The van der Waals surface area contributed by atoms with E-state index in [9.17, 15) is 23.2 Å². The number of aromatic nitrogens is 1. The number of aryl methyl sites for hydroxylation is 1. The zero-order valence-electron chi connectivity index (χ0n) is 21.6. The molecule has 11 heteroatoms. The molecule has 2 aliphatic rings. The van der Waals surface area contributed by atoms with E-state index in [1.54, 1.807) is 17.6 Å². The van der Waals surface area contributed by atoms with Gasteiger partial charge in [-0.1, -0.05) is 18.2 Å². The van der Waals surface area contributed by atoms with Crippen LogP contribution in [0.1, 0.15) is 24.1 Å². The highest BCUT2D eigenvalue weighted by atomic mass is 32.2. The minimum absolute atomic E-state index is 0.0272. The van der Waals surface area contributed by atoms with Crippen molar-refractivity contribution in [2.45, 2.75) is 31.3 Å². The highest BCUT2D eigenvalue weighted by Gasteiger charge is 2.54. The van der Waals surface area contributed by atoms with Crippen molar-refractivity contribution in [1.82, 2.24) is 15.4 Å². The quantitative estimate of drug-likeness (QED) is 0.321. The Bertz CT molecular complexity index is 1480. The van der Waals surface area contributed by atoms with E-state index in [-0.39, 0.29) is 36.4 Å². The maximum absolute atomic E-state index is 13.3. The number of likely N-dealkylation sites (tertiary alicyclic amines) is 1. The molecule has 0 unspecified atom stereocenters. The first-order valence-electron chi connectivity index (χ1n) is 12.8. The van der Waals surface area contributed by atoms with Crippen LogP contribution in [0.5, 0.6) is 5.75 Å². The SMILES string of the molecule is Cc1cc(COc2ccc(S(=O)(=O)CC3(C(=O)NO)CN(C(=O)C4CCOCC4)C3)cc2)c2ccccc2n1. The Morgan fingerprint density at radius 3 is 2.51 bits per heavy atom. The van der Waals surface area contributed by atoms with Crippen molar-refractivity contribution in [3.8, 4) is 5.75 Å². The average molecular weight is 554 g/mol. The summed E-state index contributed by atoms with van der Waals surface area (Å²) < 4.78 is 37.8. The van der Waals surface area contributed by atoms with Gasteiger partial charge in [0, 0.05) is 48.9 Å². The molecular weight excluding hydrogens is 522 g/mol. The summed E-state index contributed by atoms with van der Waals surface area (Å²) in [6.07, 6.45) is 1.19. The van der Waals surface area contributed by atoms with E-state index in [2.05, 4.69) is 4.98 Å². The Morgan fingerprint density at radius 2 is 1.82 bits per heavy atom. The number of rotatable bonds is 8. The number of nitrogens with one attached hydrogen (secondary N) is 1.